The Morgan fingerprint density at radius 2 is 1.60 bits per heavy atom. The highest BCUT2D eigenvalue weighted by atomic mass is 35.5. The van der Waals surface area contributed by atoms with Crippen molar-refractivity contribution in [2.24, 2.45) is 5.92 Å². The van der Waals surface area contributed by atoms with Gasteiger partial charge in [-0.3, -0.25) is 19.2 Å². The van der Waals surface area contributed by atoms with E-state index in [1.165, 1.54) is 6.07 Å². The number of halogens is 1. The van der Waals surface area contributed by atoms with Crippen LogP contribution in [0.2, 0.25) is 5.02 Å². The van der Waals surface area contributed by atoms with Crippen LogP contribution in [0.4, 0.5) is 0 Å². The average molecular weight is 358 g/mol. The van der Waals surface area contributed by atoms with Gasteiger partial charge in [-0.05, 0) is 11.6 Å². The highest BCUT2D eigenvalue weighted by molar-refractivity contribution is 6.38. The van der Waals surface area contributed by atoms with Gasteiger partial charge in [-0.15, -0.1) is 0 Å². The predicted octanol–water partition coefficient (Wildman–Crippen LogP) is 2.20. The summed E-state index contributed by atoms with van der Waals surface area (Å²) in [4.78, 5) is 47.9. The van der Waals surface area contributed by atoms with Crippen molar-refractivity contribution in [3.05, 3.63) is 58.6 Å². The largest absolute Gasteiger partial charge is 0.480 e. The van der Waals surface area contributed by atoms with E-state index in [9.17, 15) is 19.2 Å². The number of amides is 1. The van der Waals surface area contributed by atoms with Crippen molar-refractivity contribution in [1.29, 1.82) is 0 Å². The molecule has 0 saturated carbocycles. The molecule has 0 heterocycles. The van der Waals surface area contributed by atoms with E-state index < -0.39 is 35.9 Å². The molecule has 7 heteroatoms. The molecule has 2 aromatic rings. The smallest absolute Gasteiger partial charge is 0.322 e. The zero-order chi connectivity index (χ0) is 18.1. The molecular weight excluding hydrogens is 346 g/mol. The Bertz CT molecular complexity index is 921. The fourth-order valence-corrected chi connectivity index (χ4v) is 3.09. The Balaban J connectivity index is 2.04. The molecule has 2 N–H and O–H groups in total. The summed E-state index contributed by atoms with van der Waals surface area (Å²) in [6, 6.07) is 11.6. The number of rotatable bonds is 4. The van der Waals surface area contributed by atoms with Gasteiger partial charge >= 0.3 is 5.97 Å². The summed E-state index contributed by atoms with van der Waals surface area (Å²) in [6.07, 6.45) is 0. The lowest BCUT2D eigenvalue weighted by Gasteiger charge is -2.09. The number of hydrogen-bond donors (Lipinski definition) is 2. The van der Waals surface area contributed by atoms with Gasteiger partial charge in [0.1, 0.15) is 6.54 Å². The molecule has 0 fully saturated rings. The molecule has 2 aromatic carbocycles. The van der Waals surface area contributed by atoms with E-state index in [1.54, 1.807) is 36.4 Å². The van der Waals surface area contributed by atoms with Gasteiger partial charge in [0.15, 0.2) is 17.5 Å². The van der Waals surface area contributed by atoms with Gasteiger partial charge in [0.2, 0.25) is 5.91 Å². The monoisotopic (exact) mass is 357 g/mol. The Morgan fingerprint density at radius 1 is 0.960 bits per heavy atom. The molecule has 0 spiro atoms. The number of carbonyl (C=O) groups excluding carboxylic acids is 3. The van der Waals surface area contributed by atoms with Gasteiger partial charge in [-0.2, -0.15) is 0 Å². The molecule has 1 atom stereocenters. The second kappa shape index (κ2) is 6.49. The standard InChI is InChI=1S/C18H12ClNO5/c19-12-7-2-1-4-9(12)10-5-3-6-11-14(10)17(24)15(16(11)23)18(25)20-8-13(21)22/h1-7,15H,8H2,(H,20,25)(H,21,22). The Morgan fingerprint density at radius 3 is 2.28 bits per heavy atom. The quantitative estimate of drug-likeness (QED) is 0.817. The molecule has 25 heavy (non-hydrogen) atoms. The molecule has 6 nitrogen and oxygen atoms in total. The third kappa shape index (κ3) is 2.92. The van der Waals surface area contributed by atoms with E-state index in [0.29, 0.717) is 16.1 Å². The zero-order valence-electron chi connectivity index (χ0n) is 12.8. The van der Waals surface area contributed by atoms with Gasteiger partial charge in [-0.1, -0.05) is 48.0 Å². The van der Waals surface area contributed by atoms with Gasteiger partial charge in [0.05, 0.1) is 0 Å². The number of nitrogens with one attached hydrogen (secondary N) is 1. The highest BCUT2D eigenvalue weighted by Gasteiger charge is 2.44. The van der Waals surface area contributed by atoms with E-state index in [0.717, 1.165) is 0 Å². The molecular formula is C18H12ClNO5. The van der Waals surface area contributed by atoms with Crippen LogP contribution in [0.25, 0.3) is 11.1 Å². The van der Waals surface area contributed by atoms with Gasteiger partial charge < -0.3 is 10.4 Å². The highest BCUT2D eigenvalue weighted by Crippen LogP contribution is 2.37. The summed E-state index contributed by atoms with van der Waals surface area (Å²) in [5.41, 5.74) is 1.32. The van der Waals surface area contributed by atoms with Crippen LogP contribution in [-0.2, 0) is 9.59 Å². The first-order valence-corrected chi connectivity index (χ1v) is 7.75. The van der Waals surface area contributed by atoms with Crippen molar-refractivity contribution in [1.82, 2.24) is 5.32 Å². The predicted molar refractivity (Wildman–Crippen MR) is 89.7 cm³/mol. The van der Waals surface area contributed by atoms with Crippen LogP contribution in [0.15, 0.2) is 42.5 Å². The molecule has 0 saturated heterocycles. The minimum Gasteiger partial charge on any atom is -0.480 e. The Kier molecular flexibility index (Phi) is 4.37. The number of aliphatic carboxylic acids is 1. The van der Waals surface area contributed by atoms with Crippen molar-refractivity contribution in [2.45, 2.75) is 0 Å². The summed E-state index contributed by atoms with van der Waals surface area (Å²) in [5.74, 6) is -5.05. The minimum atomic E-state index is -1.57. The van der Waals surface area contributed by atoms with E-state index in [1.807, 2.05) is 0 Å². The van der Waals surface area contributed by atoms with E-state index >= 15 is 0 Å². The average Bonchev–Trinajstić information content (AvgIpc) is 2.84. The molecule has 0 aliphatic heterocycles. The van der Waals surface area contributed by atoms with Crippen LogP contribution in [0.1, 0.15) is 20.7 Å². The summed E-state index contributed by atoms with van der Waals surface area (Å²) in [7, 11) is 0. The lowest BCUT2D eigenvalue weighted by Crippen LogP contribution is -2.39. The first-order chi connectivity index (χ1) is 11.9. The maximum absolute atomic E-state index is 12.7. The molecule has 0 aromatic heterocycles. The topological polar surface area (TPSA) is 101 Å². The van der Waals surface area contributed by atoms with Gasteiger partial charge in [-0.25, -0.2) is 0 Å². The minimum absolute atomic E-state index is 0.135. The van der Waals surface area contributed by atoms with Crippen molar-refractivity contribution >= 4 is 35.0 Å². The lowest BCUT2D eigenvalue weighted by atomic mass is 9.95. The first kappa shape index (κ1) is 16.9. The van der Waals surface area contributed by atoms with Crippen molar-refractivity contribution in [3.63, 3.8) is 0 Å². The summed E-state index contributed by atoms with van der Waals surface area (Å²) < 4.78 is 0. The van der Waals surface area contributed by atoms with Gasteiger partial charge in [0.25, 0.3) is 0 Å². The summed E-state index contributed by atoms with van der Waals surface area (Å²) in [6.45, 7) is -0.663. The normalized spacial score (nSPS) is 15.8. The number of Topliss-reactive ketones (excluding diaryl/α,β-unsaturated/α-hetero) is 2. The van der Waals surface area contributed by atoms with Crippen LogP contribution >= 0.6 is 11.6 Å². The molecule has 1 aliphatic carbocycles. The molecule has 1 aliphatic rings. The molecule has 1 unspecified atom stereocenters. The van der Waals surface area contributed by atoms with Crippen molar-refractivity contribution in [2.75, 3.05) is 6.54 Å². The number of benzene rings is 2. The Labute approximate surface area is 147 Å². The summed E-state index contributed by atoms with van der Waals surface area (Å²) >= 11 is 6.19. The summed E-state index contributed by atoms with van der Waals surface area (Å²) in [5, 5.41) is 11.1. The van der Waals surface area contributed by atoms with Gasteiger partial charge in [0, 0.05) is 21.7 Å². The van der Waals surface area contributed by atoms with Crippen LogP contribution in [0, 0.1) is 5.92 Å². The maximum Gasteiger partial charge on any atom is 0.322 e. The van der Waals surface area contributed by atoms with E-state index in [-0.39, 0.29) is 11.1 Å². The zero-order valence-corrected chi connectivity index (χ0v) is 13.5. The van der Waals surface area contributed by atoms with E-state index in [4.69, 9.17) is 16.7 Å². The van der Waals surface area contributed by atoms with Crippen LogP contribution in [-0.4, -0.2) is 35.1 Å². The van der Waals surface area contributed by atoms with Crippen LogP contribution < -0.4 is 5.32 Å². The molecule has 0 bridgehead atoms. The molecule has 126 valence electrons. The lowest BCUT2D eigenvalue weighted by molar-refractivity contribution is -0.138. The van der Waals surface area contributed by atoms with Crippen molar-refractivity contribution in [3.8, 4) is 11.1 Å². The fourth-order valence-electron chi connectivity index (χ4n) is 2.85. The van der Waals surface area contributed by atoms with Crippen molar-refractivity contribution < 1.29 is 24.3 Å². The first-order valence-electron chi connectivity index (χ1n) is 7.37. The third-order valence-corrected chi connectivity index (χ3v) is 4.27. The molecule has 0 radical (unpaired) electrons. The SMILES string of the molecule is O=C(O)CNC(=O)C1C(=O)c2cccc(-c3ccccc3Cl)c2C1=O. The number of fused-ring (bicyclic) bond motifs is 1. The maximum atomic E-state index is 12.7. The van der Waals surface area contributed by atoms with Crippen LogP contribution in [0.5, 0.6) is 0 Å². The second-order valence-corrected chi connectivity index (χ2v) is 5.89. The molecule has 1 amide bonds. The number of carboxylic acid groups (broad SMARTS) is 1. The van der Waals surface area contributed by atoms with Crippen LogP contribution in [0.3, 0.4) is 0 Å². The number of carbonyl (C=O) groups is 4. The number of carboxylic acids is 1. The fraction of sp³-hybridized carbons (Fsp3) is 0.111. The Hall–Kier alpha value is -2.99. The molecule has 3 rings (SSSR count). The van der Waals surface area contributed by atoms with E-state index in [2.05, 4.69) is 5.32 Å². The second-order valence-electron chi connectivity index (χ2n) is 5.48. The number of hydrogen-bond acceptors (Lipinski definition) is 4. The third-order valence-electron chi connectivity index (χ3n) is 3.94. The number of ketones is 2.